The van der Waals surface area contributed by atoms with Crippen LogP contribution in [0.2, 0.25) is 0 Å². The Kier molecular flexibility index (Phi) is 3.71. The van der Waals surface area contributed by atoms with E-state index in [-0.39, 0.29) is 6.10 Å². The Morgan fingerprint density at radius 3 is 3.00 bits per heavy atom. The maximum atomic E-state index is 9.59. The van der Waals surface area contributed by atoms with Crippen LogP contribution >= 0.6 is 0 Å². The zero-order valence-corrected chi connectivity index (χ0v) is 10.2. The van der Waals surface area contributed by atoms with Gasteiger partial charge in [0.25, 0.3) is 0 Å². The van der Waals surface area contributed by atoms with E-state index in [1.54, 1.807) is 0 Å². The predicted molar refractivity (Wildman–Crippen MR) is 65.6 cm³/mol. The van der Waals surface area contributed by atoms with Crippen molar-refractivity contribution in [3.8, 4) is 0 Å². The molecule has 0 saturated heterocycles. The predicted octanol–water partition coefficient (Wildman–Crippen LogP) is 0.932. The third-order valence-electron chi connectivity index (χ3n) is 2.79. The number of fused-ring (bicyclic) bond motifs is 1. The van der Waals surface area contributed by atoms with Crippen molar-refractivity contribution >= 4 is 5.65 Å². The molecule has 0 bridgehead atoms. The Labute approximate surface area is 101 Å². The maximum Gasteiger partial charge on any atom is 0.160 e. The summed E-state index contributed by atoms with van der Waals surface area (Å²) in [4.78, 5) is 2.05. The second-order valence-electron chi connectivity index (χ2n) is 4.30. The summed E-state index contributed by atoms with van der Waals surface area (Å²) in [5.74, 6) is 0.895. The van der Waals surface area contributed by atoms with E-state index in [0.29, 0.717) is 13.1 Å². The van der Waals surface area contributed by atoms with Gasteiger partial charge in [-0.1, -0.05) is 13.0 Å². The summed E-state index contributed by atoms with van der Waals surface area (Å²) in [6.45, 7) is 3.31. The van der Waals surface area contributed by atoms with E-state index in [1.807, 2.05) is 42.8 Å². The highest BCUT2D eigenvalue weighted by Crippen LogP contribution is 2.05. The van der Waals surface area contributed by atoms with Crippen LogP contribution in [-0.4, -0.2) is 44.3 Å². The van der Waals surface area contributed by atoms with Gasteiger partial charge in [0.15, 0.2) is 11.5 Å². The van der Waals surface area contributed by atoms with Gasteiger partial charge in [0.1, 0.15) is 0 Å². The minimum Gasteiger partial charge on any atom is -0.392 e. The molecule has 0 amide bonds. The summed E-state index contributed by atoms with van der Waals surface area (Å²) in [6, 6.07) is 5.83. The van der Waals surface area contributed by atoms with E-state index in [9.17, 15) is 5.11 Å². The minimum atomic E-state index is -0.279. The summed E-state index contributed by atoms with van der Waals surface area (Å²) in [7, 11) is 1.98. The van der Waals surface area contributed by atoms with Gasteiger partial charge in [0.2, 0.25) is 0 Å². The Morgan fingerprint density at radius 1 is 1.41 bits per heavy atom. The smallest absolute Gasteiger partial charge is 0.160 e. The van der Waals surface area contributed by atoms with Crippen LogP contribution in [0.4, 0.5) is 0 Å². The minimum absolute atomic E-state index is 0.279. The van der Waals surface area contributed by atoms with Crippen LogP contribution in [0.25, 0.3) is 5.65 Å². The summed E-state index contributed by atoms with van der Waals surface area (Å²) in [5.41, 5.74) is 0.854. The van der Waals surface area contributed by atoms with Gasteiger partial charge in [-0.05, 0) is 25.6 Å². The first kappa shape index (κ1) is 12.0. The van der Waals surface area contributed by atoms with Crippen LogP contribution in [-0.2, 0) is 6.54 Å². The summed E-state index contributed by atoms with van der Waals surface area (Å²) < 4.78 is 1.97. The van der Waals surface area contributed by atoms with Gasteiger partial charge < -0.3 is 5.11 Å². The van der Waals surface area contributed by atoms with Crippen LogP contribution in [0, 0.1) is 0 Å². The molecule has 0 aliphatic heterocycles. The Balaban J connectivity index is 2.08. The van der Waals surface area contributed by atoms with Crippen LogP contribution in [0.3, 0.4) is 0 Å². The van der Waals surface area contributed by atoms with Crippen molar-refractivity contribution in [1.29, 1.82) is 0 Å². The fourth-order valence-electron chi connectivity index (χ4n) is 1.79. The van der Waals surface area contributed by atoms with E-state index < -0.39 is 0 Å². The molecule has 92 valence electrons. The highest BCUT2D eigenvalue weighted by atomic mass is 16.3. The van der Waals surface area contributed by atoms with Crippen molar-refractivity contribution in [3.63, 3.8) is 0 Å². The number of aromatic nitrogens is 3. The maximum absolute atomic E-state index is 9.59. The zero-order chi connectivity index (χ0) is 12.3. The van der Waals surface area contributed by atoms with Crippen molar-refractivity contribution in [3.05, 3.63) is 30.2 Å². The molecule has 0 fully saturated rings. The lowest BCUT2D eigenvalue weighted by molar-refractivity contribution is 0.118. The summed E-state index contributed by atoms with van der Waals surface area (Å²) in [5, 5.41) is 17.8. The molecule has 17 heavy (non-hydrogen) atoms. The van der Waals surface area contributed by atoms with Crippen molar-refractivity contribution < 1.29 is 5.11 Å². The highest BCUT2D eigenvalue weighted by Gasteiger charge is 2.10. The molecule has 0 radical (unpaired) electrons. The third kappa shape index (κ3) is 2.81. The average Bonchev–Trinajstić information content (AvgIpc) is 2.72. The second-order valence-corrected chi connectivity index (χ2v) is 4.30. The lowest BCUT2D eigenvalue weighted by atomic mass is 10.2. The summed E-state index contributed by atoms with van der Waals surface area (Å²) >= 11 is 0. The largest absolute Gasteiger partial charge is 0.392 e. The lowest BCUT2D eigenvalue weighted by Gasteiger charge is -2.18. The standard InChI is InChI=1S/C12H18N4O/c1-3-10(17)8-15(2)9-12-14-13-11-6-4-5-7-16(11)12/h4-7,10,17H,3,8-9H2,1-2H3/t10-/m0/s1. The molecule has 0 spiro atoms. The van der Waals surface area contributed by atoms with E-state index in [4.69, 9.17) is 0 Å². The molecular formula is C12H18N4O. The topological polar surface area (TPSA) is 53.7 Å². The van der Waals surface area contributed by atoms with Gasteiger partial charge in [-0.25, -0.2) is 0 Å². The molecule has 0 saturated carbocycles. The molecule has 1 atom stereocenters. The van der Waals surface area contributed by atoms with Gasteiger partial charge in [0.05, 0.1) is 12.6 Å². The fourth-order valence-corrected chi connectivity index (χ4v) is 1.79. The first-order chi connectivity index (χ1) is 8.20. The molecule has 5 nitrogen and oxygen atoms in total. The molecule has 2 heterocycles. The molecule has 0 aliphatic carbocycles. The number of hydrogen-bond donors (Lipinski definition) is 1. The van der Waals surface area contributed by atoms with Gasteiger partial charge in [0, 0.05) is 12.7 Å². The monoisotopic (exact) mass is 234 g/mol. The van der Waals surface area contributed by atoms with E-state index in [2.05, 4.69) is 15.1 Å². The third-order valence-corrected chi connectivity index (χ3v) is 2.79. The van der Waals surface area contributed by atoms with Gasteiger partial charge >= 0.3 is 0 Å². The van der Waals surface area contributed by atoms with Crippen molar-refractivity contribution in [1.82, 2.24) is 19.5 Å². The number of pyridine rings is 1. The lowest BCUT2D eigenvalue weighted by Crippen LogP contribution is -2.29. The van der Waals surface area contributed by atoms with E-state index in [1.165, 1.54) is 0 Å². The van der Waals surface area contributed by atoms with Gasteiger partial charge in [-0.2, -0.15) is 0 Å². The summed E-state index contributed by atoms with van der Waals surface area (Å²) in [6.07, 6.45) is 2.44. The number of aliphatic hydroxyl groups is 1. The first-order valence-electron chi connectivity index (χ1n) is 5.86. The van der Waals surface area contributed by atoms with E-state index >= 15 is 0 Å². The van der Waals surface area contributed by atoms with Crippen molar-refractivity contribution in [2.45, 2.75) is 26.0 Å². The molecule has 0 unspecified atom stereocenters. The Morgan fingerprint density at radius 2 is 2.24 bits per heavy atom. The first-order valence-corrected chi connectivity index (χ1v) is 5.86. The Hall–Kier alpha value is -1.46. The quantitative estimate of drug-likeness (QED) is 0.836. The number of likely N-dealkylation sites (N-methyl/N-ethyl adjacent to an activating group) is 1. The Bertz CT molecular complexity index is 482. The number of aliphatic hydroxyl groups excluding tert-OH is 1. The van der Waals surface area contributed by atoms with Crippen LogP contribution < -0.4 is 0 Å². The normalized spacial score (nSPS) is 13.4. The van der Waals surface area contributed by atoms with Crippen molar-refractivity contribution in [2.24, 2.45) is 0 Å². The van der Waals surface area contributed by atoms with Crippen LogP contribution in [0.15, 0.2) is 24.4 Å². The number of nitrogens with zero attached hydrogens (tertiary/aromatic N) is 4. The second kappa shape index (κ2) is 5.25. The highest BCUT2D eigenvalue weighted by molar-refractivity contribution is 5.36. The average molecular weight is 234 g/mol. The van der Waals surface area contributed by atoms with Crippen molar-refractivity contribution in [2.75, 3.05) is 13.6 Å². The SMILES string of the molecule is CC[C@H](O)CN(C)Cc1nnc2ccccn12. The van der Waals surface area contributed by atoms with Gasteiger partial charge in [-0.15, -0.1) is 10.2 Å². The molecule has 5 heteroatoms. The van der Waals surface area contributed by atoms with Crippen LogP contribution in [0.5, 0.6) is 0 Å². The number of rotatable bonds is 5. The number of hydrogen-bond acceptors (Lipinski definition) is 4. The molecule has 0 aliphatic rings. The molecular weight excluding hydrogens is 216 g/mol. The zero-order valence-electron chi connectivity index (χ0n) is 10.2. The molecule has 1 N–H and O–H groups in total. The molecule has 0 aromatic carbocycles. The molecule has 2 aromatic heterocycles. The van der Waals surface area contributed by atoms with E-state index in [0.717, 1.165) is 17.9 Å². The van der Waals surface area contributed by atoms with Crippen LogP contribution in [0.1, 0.15) is 19.2 Å². The fraction of sp³-hybridized carbons (Fsp3) is 0.500. The molecule has 2 rings (SSSR count). The molecule has 2 aromatic rings. The van der Waals surface area contributed by atoms with Gasteiger partial charge in [-0.3, -0.25) is 9.30 Å².